The summed E-state index contributed by atoms with van der Waals surface area (Å²) in [5.41, 5.74) is 1.25. The molecule has 6 nitrogen and oxygen atoms in total. The van der Waals surface area contributed by atoms with Crippen LogP contribution in [0.25, 0.3) is 11.5 Å². The Morgan fingerprint density at radius 1 is 1.26 bits per heavy atom. The fourth-order valence-electron chi connectivity index (χ4n) is 3.10. The summed E-state index contributed by atoms with van der Waals surface area (Å²) in [5, 5.41) is 5.16. The number of rotatable bonds is 4. The molecule has 8 heteroatoms. The lowest BCUT2D eigenvalue weighted by Gasteiger charge is -2.23. The number of carbonyl (C=O) groups excluding carboxylic acids is 2. The van der Waals surface area contributed by atoms with Gasteiger partial charge in [0, 0.05) is 22.0 Å². The van der Waals surface area contributed by atoms with E-state index in [-0.39, 0.29) is 11.8 Å². The molecule has 1 aromatic carbocycles. The van der Waals surface area contributed by atoms with E-state index in [0.29, 0.717) is 35.1 Å². The van der Waals surface area contributed by atoms with Crippen molar-refractivity contribution in [1.29, 1.82) is 0 Å². The van der Waals surface area contributed by atoms with Crippen molar-refractivity contribution in [2.75, 3.05) is 11.9 Å². The minimum atomic E-state index is -0.489. The summed E-state index contributed by atoms with van der Waals surface area (Å²) in [4.78, 5) is 31.6. The number of nitrogens with zero attached hydrogens (tertiary/aromatic N) is 2. The molecule has 0 saturated carbocycles. The van der Waals surface area contributed by atoms with Crippen LogP contribution >= 0.6 is 27.3 Å². The normalized spacial score (nSPS) is 16.5. The number of likely N-dealkylation sites (tertiary alicyclic amines) is 1. The van der Waals surface area contributed by atoms with Crippen LogP contribution in [0.15, 0.2) is 56.9 Å². The first-order valence-corrected chi connectivity index (χ1v) is 10.2. The summed E-state index contributed by atoms with van der Waals surface area (Å²) in [6, 6.07) is 10.3. The number of aromatic nitrogens is 1. The van der Waals surface area contributed by atoms with E-state index in [9.17, 15) is 9.59 Å². The molecule has 1 fully saturated rings. The SMILES string of the molecule is O=C(Nc1nc(-c2ccco2)cs1)C1CCCN1C(=O)c1ccc(Br)cc1. The third-order valence-corrected chi connectivity index (χ3v) is 5.70. The zero-order valence-corrected chi connectivity index (χ0v) is 16.6. The van der Waals surface area contributed by atoms with Gasteiger partial charge in [0.15, 0.2) is 10.9 Å². The lowest BCUT2D eigenvalue weighted by Crippen LogP contribution is -2.43. The molecule has 3 aromatic rings. The van der Waals surface area contributed by atoms with Crippen molar-refractivity contribution in [1.82, 2.24) is 9.88 Å². The molecule has 27 heavy (non-hydrogen) atoms. The smallest absolute Gasteiger partial charge is 0.254 e. The summed E-state index contributed by atoms with van der Waals surface area (Å²) < 4.78 is 6.23. The first kappa shape index (κ1) is 17.9. The lowest BCUT2D eigenvalue weighted by molar-refractivity contribution is -0.119. The molecule has 1 aliphatic rings. The van der Waals surface area contributed by atoms with E-state index in [4.69, 9.17) is 4.42 Å². The number of amides is 2. The minimum absolute atomic E-state index is 0.129. The van der Waals surface area contributed by atoms with Crippen LogP contribution in [0.1, 0.15) is 23.2 Å². The zero-order valence-electron chi connectivity index (χ0n) is 14.2. The highest BCUT2D eigenvalue weighted by molar-refractivity contribution is 9.10. The van der Waals surface area contributed by atoms with Gasteiger partial charge in [-0.05, 0) is 49.2 Å². The summed E-state index contributed by atoms with van der Waals surface area (Å²) in [5.74, 6) is 0.313. The van der Waals surface area contributed by atoms with E-state index >= 15 is 0 Å². The van der Waals surface area contributed by atoms with Gasteiger partial charge in [0.1, 0.15) is 11.7 Å². The predicted molar refractivity (Wildman–Crippen MR) is 107 cm³/mol. The van der Waals surface area contributed by atoms with Crippen LogP contribution in [0.3, 0.4) is 0 Å². The van der Waals surface area contributed by atoms with Crippen LogP contribution < -0.4 is 5.32 Å². The molecule has 0 spiro atoms. The van der Waals surface area contributed by atoms with Crippen LogP contribution in [-0.2, 0) is 4.79 Å². The fraction of sp³-hybridized carbons (Fsp3) is 0.211. The topological polar surface area (TPSA) is 75.4 Å². The second kappa shape index (κ2) is 7.66. The number of thiazole rings is 1. The van der Waals surface area contributed by atoms with Crippen LogP contribution in [0, 0.1) is 0 Å². The minimum Gasteiger partial charge on any atom is -0.463 e. The number of anilines is 1. The van der Waals surface area contributed by atoms with Gasteiger partial charge in [0.25, 0.3) is 5.91 Å². The second-order valence-electron chi connectivity index (χ2n) is 6.17. The Morgan fingerprint density at radius 2 is 2.07 bits per heavy atom. The average Bonchev–Trinajstić information content (AvgIpc) is 3.42. The number of benzene rings is 1. The highest BCUT2D eigenvalue weighted by atomic mass is 79.9. The van der Waals surface area contributed by atoms with Crippen molar-refractivity contribution < 1.29 is 14.0 Å². The van der Waals surface area contributed by atoms with Gasteiger partial charge in [0.2, 0.25) is 5.91 Å². The molecule has 4 rings (SSSR count). The quantitative estimate of drug-likeness (QED) is 0.645. The number of hydrogen-bond donors (Lipinski definition) is 1. The second-order valence-corrected chi connectivity index (χ2v) is 7.94. The molecule has 138 valence electrons. The van der Waals surface area contributed by atoms with Crippen molar-refractivity contribution in [3.63, 3.8) is 0 Å². The maximum absolute atomic E-state index is 12.8. The summed E-state index contributed by atoms with van der Waals surface area (Å²) in [7, 11) is 0. The maximum atomic E-state index is 12.8. The predicted octanol–water partition coefficient (Wildman–Crippen LogP) is 4.41. The highest BCUT2D eigenvalue weighted by Gasteiger charge is 2.34. The third kappa shape index (κ3) is 3.81. The van der Waals surface area contributed by atoms with E-state index in [2.05, 4.69) is 26.2 Å². The Morgan fingerprint density at radius 3 is 2.81 bits per heavy atom. The number of carbonyl (C=O) groups is 2. The molecule has 2 amide bonds. The van der Waals surface area contributed by atoms with Crippen LogP contribution in [-0.4, -0.2) is 34.3 Å². The van der Waals surface area contributed by atoms with Gasteiger partial charge in [-0.2, -0.15) is 0 Å². The van der Waals surface area contributed by atoms with Crippen LogP contribution in [0.4, 0.5) is 5.13 Å². The Labute approximate surface area is 168 Å². The monoisotopic (exact) mass is 445 g/mol. The van der Waals surface area contributed by atoms with Gasteiger partial charge < -0.3 is 14.6 Å². The molecular formula is C19H16BrN3O3S. The molecule has 0 aliphatic carbocycles. The summed E-state index contributed by atoms with van der Waals surface area (Å²) >= 11 is 4.70. The molecule has 3 heterocycles. The fourth-order valence-corrected chi connectivity index (χ4v) is 4.07. The maximum Gasteiger partial charge on any atom is 0.254 e. The standard InChI is InChI=1S/C19H16BrN3O3S/c20-13-7-5-12(6-8-13)18(25)23-9-1-3-15(23)17(24)22-19-21-14(11-27-19)16-4-2-10-26-16/h2,4-8,10-11,15H,1,3,9H2,(H,21,22,24). The van der Waals surface area contributed by atoms with Crippen molar-refractivity contribution in [3.05, 3.63) is 58.1 Å². The molecular weight excluding hydrogens is 430 g/mol. The van der Waals surface area contributed by atoms with Crippen molar-refractivity contribution in [2.24, 2.45) is 0 Å². The largest absolute Gasteiger partial charge is 0.463 e. The van der Waals surface area contributed by atoms with Gasteiger partial charge in [-0.25, -0.2) is 4.98 Å². The molecule has 2 aromatic heterocycles. The molecule has 0 bridgehead atoms. The first-order valence-electron chi connectivity index (χ1n) is 8.48. The van der Waals surface area contributed by atoms with Crippen molar-refractivity contribution >= 4 is 44.2 Å². The van der Waals surface area contributed by atoms with Gasteiger partial charge in [-0.3, -0.25) is 9.59 Å². The Balaban J connectivity index is 1.46. The van der Waals surface area contributed by atoms with Crippen LogP contribution in [0.2, 0.25) is 0 Å². The van der Waals surface area contributed by atoms with E-state index < -0.39 is 6.04 Å². The molecule has 1 saturated heterocycles. The van der Waals surface area contributed by atoms with Crippen molar-refractivity contribution in [2.45, 2.75) is 18.9 Å². The molecule has 1 atom stereocenters. The molecule has 1 aliphatic heterocycles. The van der Waals surface area contributed by atoms with Gasteiger partial charge in [-0.15, -0.1) is 11.3 Å². The van der Waals surface area contributed by atoms with Crippen molar-refractivity contribution in [3.8, 4) is 11.5 Å². The molecule has 0 radical (unpaired) electrons. The van der Waals surface area contributed by atoms with Crippen LogP contribution in [0.5, 0.6) is 0 Å². The Hall–Kier alpha value is -2.45. The van der Waals surface area contributed by atoms with E-state index in [1.165, 1.54) is 11.3 Å². The number of halogens is 1. The Bertz CT molecular complexity index is 953. The summed E-state index contributed by atoms with van der Waals surface area (Å²) in [6.45, 7) is 0.572. The Kier molecular flexibility index (Phi) is 5.09. The van der Waals surface area contributed by atoms with E-state index in [1.807, 2.05) is 23.6 Å². The van der Waals surface area contributed by atoms with Gasteiger partial charge in [-0.1, -0.05) is 15.9 Å². The first-order chi connectivity index (χ1) is 13.1. The highest BCUT2D eigenvalue weighted by Crippen LogP contribution is 2.27. The van der Waals surface area contributed by atoms with Gasteiger partial charge >= 0.3 is 0 Å². The number of furan rings is 1. The van der Waals surface area contributed by atoms with E-state index in [1.54, 1.807) is 29.4 Å². The zero-order chi connectivity index (χ0) is 18.8. The number of hydrogen-bond acceptors (Lipinski definition) is 5. The molecule has 1 N–H and O–H groups in total. The van der Waals surface area contributed by atoms with Gasteiger partial charge in [0.05, 0.1) is 6.26 Å². The third-order valence-electron chi connectivity index (χ3n) is 4.42. The molecule has 1 unspecified atom stereocenters. The number of nitrogens with one attached hydrogen (secondary N) is 1. The lowest BCUT2D eigenvalue weighted by atomic mass is 10.1. The average molecular weight is 446 g/mol. The summed E-state index contributed by atoms with van der Waals surface area (Å²) in [6.07, 6.45) is 3.03. The van der Waals surface area contributed by atoms with E-state index in [0.717, 1.165) is 10.9 Å².